The van der Waals surface area contributed by atoms with Crippen LogP contribution in [-0.2, 0) is 26.8 Å². The third-order valence-electron chi connectivity index (χ3n) is 3.56. The molecule has 0 aliphatic rings. The Labute approximate surface area is 141 Å². The first-order valence-corrected chi connectivity index (χ1v) is 7.46. The number of aromatic nitrogens is 2. The van der Waals surface area contributed by atoms with Crippen LogP contribution in [0.4, 0.5) is 13.2 Å². The van der Waals surface area contributed by atoms with Crippen LogP contribution < -0.4 is 21.3 Å². The molecule has 0 amide bonds. The van der Waals surface area contributed by atoms with Crippen molar-refractivity contribution in [3.05, 3.63) is 62.4 Å². The fraction of sp³-hybridized carbons (Fsp3) is 0.375. The largest absolute Gasteiger partial charge is 0.492 e. The maximum Gasteiger partial charge on any atom is 0.416 e. The monoisotopic (exact) mass is 357 g/mol. The Morgan fingerprint density at radius 2 is 1.76 bits per heavy atom. The van der Waals surface area contributed by atoms with Crippen LogP contribution in [0.25, 0.3) is 0 Å². The summed E-state index contributed by atoms with van der Waals surface area (Å²) in [5.41, 5.74) is -1.08. The van der Waals surface area contributed by atoms with Gasteiger partial charge in [0.1, 0.15) is 12.4 Å². The third-order valence-corrected chi connectivity index (χ3v) is 3.56. The first-order valence-electron chi connectivity index (χ1n) is 7.46. The zero-order chi connectivity index (χ0) is 18.6. The molecule has 0 aliphatic heterocycles. The predicted octanol–water partition coefficient (Wildman–Crippen LogP) is 1.27. The third kappa shape index (κ3) is 4.72. The van der Waals surface area contributed by atoms with E-state index in [1.807, 2.05) is 0 Å². The highest BCUT2D eigenvalue weighted by Gasteiger charge is 2.29. The molecule has 25 heavy (non-hydrogen) atoms. The van der Waals surface area contributed by atoms with Gasteiger partial charge in [0.2, 0.25) is 0 Å². The lowest BCUT2D eigenvalue weighted by atomic mass is 10.2. The van der Waals surface area contributed by atoms with E-state index in [-0.39, 0.29) is 18.7 Å². The molecule has 0 atom stereocenters. The molecule has 0 spiro atoms. The van der Waals surface area contributed by atoms with Crippen molar-refractivity contribution in [1.82, 2.24) is 14.5 Å². The maximum atomic E-state index is 12.4. The SMILES string of the molecule is Cn1cc(CNCCOc2ccc(C(F)(F)F)cc2)c(=O)n(C)c1=O. The molecule has 0 fully saturated rings. The van der Waals surface area contributed by atoms with Crippen LogP contribution in [0.15, 0.2) is 40.1 Å². The highest BCUT2D eigenvalue weighted by atomic mass is 19.4. The van der Waals surface area contributed by atoms with Gasteiger partial charge in [-0.05, 0) is 24.3 Å². The van der Waals surface area contributed by atoms with Gasteiger partial charge in [0.15, 0.2) is 0 Å². The van der Waals surface area contributed by atoms with Crippen molar-refractivity contribution in [2.24, 2.45) is 14.1 Å². The number of halogens is 3. The molecule has 0 unspecified atom stereocenters. The van der Waals surface area contributed by atoms with Gasteiger partial charge in [-0.2, -0.15) is 13.2 Å². The minimum atomic E-state index is -4.37. The lowest BCUT2D eigenvalue weighted by Crippen LogP contribution is -2.39. The molecule has 0 aliphatic carbocycles. The standard InChI is InChI=1S/C16H18F3N3O3/c1-21-10-11(14(23)22(2)15(21)24)9-20-7-8-25-13-5-3-12(4-6-13)16(17,18)19/h3-6,10,20H,7-9H2,1-2H3. The first kappa shape index (κ1) is 18.8. The van der Waals surface area contributed by atoms with Crippen molar-refractivity contribution in [3.63, 3.8) is 0 Å². The van der Waals surface area contributed by atoms with Crippen LogP contribution in [0.3, 0.4) is 0 Å². The predicted molar refractivity (Wildman–Crippen MR) is 85.6 cm³/mol. The number of hydrogen-bond acceptors (Lipinski definition) is 4. The van der Waals surface area contributed by atoms with Crippen molar-refractivity contribution in [2.75, 3.05) is 13.2 Å². The molecule has 0 bridgehead atoms. The van der Waals surface area contributed by atoms with E-state index >= 15 is 0 Å². The number of nitrogens with zero attached hydrogens (tertiary/aromatic N) is 2. The average Bonchev–Trinajstić information content (AvgIpc) is 2.56. The highest BCUT2D eigenvalue weighted by molar-refractivity contribution is 5.28. The van der Waals surface area contributed by atoms with Crippen LogP contribution in [0.1, 0.15) is 11.1 Å². The Morgan fingerprint density at radius 1 is 1.12 bits per heavy atom. The minimum Gasteiger partial charge on any atom is -0.492 e. The van der Waals surface area contributed by atoms with Crippen LogP contribution in [0.2, 0.25) is 0 Å². The van der Waals surface area contributed by atoms with Gasteiger partial charge in [0.05, 0.1) is 5.56 Å². The maximum absolute atomic E-state index is 12.4. The Balaban J connectivity index is 1.83. The molecule has 136 valence electrons. The van der Waals surface area contributed by atoms with Crippen molar-refractivity contribution >= 4 is 0 Å². The van der Waals surface area contributed by atoms with Gasteiger partial charge in [0.25, 0.3) is 5.56 Å². The summed E-state index contributed by atoms with van der Waals surface area (Å²) in [5, 5.41) is 2.99. The number of ether oxygens (including phenoxy) is 1. The fourth-order valence-corrected chi connectivity index (χ4v) is 2.21. The van der Waals surface area contributed by atoms with Crippen LogP contribution >= 0.6 is 0 Å². The molecule has 0 radical (unpaired) electrons. The molecule has 1 aromatic heterocycles. The first-order chi connectivity index (χ1) is 11.7. The van der Waals surface area contributed by atoms with E-state index in [1.54, 1.807) is 7.05 Å². The van der Waals surface area contributed by atoms with Gasteiger partial charge in [-0.15, -0.1) is 0 Å². The second-order valence-electron chi connectivity index (χ2n) is 5.46. The van der Waals surface area contributed by atoms with E-state index in [2.05, 4.69) is 5.32 Å². The number of rotatable bonds is 6. The van der Waals surface area contributed by atoms with E-state index in [4.69, 9.17) is 4.74 Å². The zero-order valence-corrected chi connectivity index (χ0v) is 13.8. The zero-order valence-electron chi connectivity index (χ0n) is 13.8. The van der Waals surface area contributed by atoms with E-state index in [9.17, 15) is 22.8 Å². The van der Waals surface area contributed by atoms with Gasteiger partial charge in [-0.3, -0.25) is 9.36 Å². The molecule has 6 nitrogen and oxygen atoms in total. The number of benzene rings is 1. The van der Waals surface area contributed by atoms with Gasteiger partial charge >= 0.3 is 11.9 Å². The summed E-state index contributed by atoms with van der Waals surface area (Å²) in [6, 6.07) is 4.42. The second-order valence-corrected chi connectivity index (χ2v) is 5.46. The Morgan fingerprint density at radius 3 is 2.36 bits per heavy atom. The summed E-state index contributed by atoms with van der Waals surface area (Å²) >= 11 is 0. The lowest BCUT2D eigenvalue weighted by Gasteiger charge is -2.10. The van der Waals surface area contributed by atoms with Crippen molar-refractivity contribution in [3.8, 4) is 5.75 Å². The Bertz CT molecular complexity index is 839. The summed E-state index contributed by atoms with van der Waals surface area (Å²) in [6.07, 6.45) is -2.91. The number of hydrogen-bond donors (Lipinski definition) is 1. The van der Waals surface area contributed by atoms with Gasteiger partial charge < -0.3 is 14.6 Å². The van der Waals surface area contributed by atoms with Gasteiger partial charge in [-0.1, -0.05) is 0 Å². The molecule has 0 saturated heterocycles. The number of alkyl halides is 3. The second kappa shape index (κ2) is 7.56. The van der Waals surface area contributed by atoms with Crippen molar-refractivity contribution in [1.29, 1.82) is 0 Å². The number of aryl methyl sites for hydroxylation is 1. The molecular formula is C16H18F3N3O3. The summed E-state index contributed by atoms with van der Waals surface area (Å²) in [4.78, 5) is 23.5. The lowest BCUT2D eigenvalue weighted by molar-refractivity contribution is -0.137. The van der Waals surface area contributed by atoms with Gasteiger partial charge in [-0.25, -0.2) is 4.79 Å². The summed E-state index contributed by atoms with van der Waals surface area (Å²) in [6.45, 7) is 0.849. The molecule has 9 heteroatoms. The smallest absolute Gasteiger partial charge is 0.416 e. The van der Waals surface area contributed by atoms with E-state index in [1.165, 1.54) is 29.9 Å². The van der Waals surface area contributed by atoms with Crippen LogP contribution in [0.5, 0.6) is 5.75 Å². The van der Waals surface area contributed by atoms with Gasteiger partial charge in [0, 0.05) is 38.9 Å². The fourth-order valence-electron chi connectivity index (χ4n) is 2.21. The molecule has 1 aromatic carbocycles. The molecule has 2 rings (SSSR count). The minimum absolute atomic E-state index is 0.220. The topological polar surface area (TPSA) is 65.3 Å². The molecule has 0 saturated carbocycles. The molecule has 2 aromatic rings. The normalized spacial score (nSPS) is 11.6. The number of nitrogens with one attached hydrogen (secondary N) is 1. The summed E-state index contributed by atoms with van der Waals surface area (Å²) in [7, 11) is 2.96. The average molecular weight is 357 g/mol. The highest BCUT2D eigenvalue weighted by Crippen LogP contribution is 2.30. The van der Waals surface area contributed by atoms with Crippen molar-refractivity contribution < 1.29 is 17.9 Å². The molecule has 1 heterocycles. The van der Waals surface area contributed by atoms with Crippen molar-refractivity contribution in [2.45, 2.75) is 12.7 Å². The molecular weight excluding hydrogens is 339 g/mol. The quantitative estimate of drug-likeness (QED) is 0.791. The van der Waals surface area contributed by atoms with Crippen LogP contribution in [-0.4, -0.2) is 22.3 Å². The van der Waals surface area contributed by atoms with Crippen LogP contribution in [0, 0.1) is 0 Å². The van der Waals surface area contributed by atoms with E-state index in [0.717, 1.165) is 16.7 Å². The van der Waals surface area contributed by atoms with E-state index < -0.39 is 17.4 Å². The summed E-state index contributed by atoms with van der Waals surface area (Å²) < 4.78 is 45.0. The Kier molecular flexibility index (Phi) is 5.68. The van der Waals surface area contributed by atoms with E-state index in [0.29, 0.717) is 17.9 Å². The molecule has 1 N–H and O–H groups in total. The Hall–Kier alpha value is -2.55. The summed E-state index contributed by atoms with van der Waals surface area (Å²) in [5.74, 6) is 0.327.